The Morgan fingerprint density at radius 3 is 2.59 bits per heavy atom. The van der Waals surface area contributed by atoms with E-state index in [0.717, 1.165) is 0 Å². The van der Waals surface area contributed by atoms with Crippen molar-refractivity contribution in [1.29, 1.82) is 0 Å². The SMILES string of the molecule is CCN(CC(=O)Nc1cccc(Cl)c1)[C@H](C)CS(=O)(=O)CC. The summed E-state index contributed by atoms with van der Waals surface area (Å²) in [5.74, 6) is -0.0179. The average Bonchev–Trinajstić information content (AvgIpc) is 2.44. The fraction of sp³-hybridized carbons (Fsp3) is 0.533. The highest BCUT2D eigenvalue weighted by molar-refractivity contribution is 7.91. The van der Waals surface area contributed by atoms with Crippen LogP contribution >= 0.6 is 11.6 Å². The molecule has 7 heteroatoms. The first kappa shape index (κ1) is 18.9. The van der Waals surface area contributed by atoms with E-state index in [0.29, 0.717) is 17.3 Å². The van der Waals surface area contributed by atoms with Crippen molar-refractivity contribution in [2.24, 2.45) is 0 Å². The molecule has 0 heterocycles. The quantitative estimate of drug-likeness (QED) is 0.785. The van der Waals surface area contributed by atoms with E-state index in [2.05, 4.69) is 5.32 Å². The summed E-state index contributed by atoms with van der Waals surface area (Å²) in [7, 11) is -3.06. The molecule has 0 unspecified atom stereocenters. The second-order valence-corrected chi connectivity index (χ2v) is 8.00. The number of benzene rings is 1. The summed E-state index contributed by atoms with van der Waals surface area (Å²) in [6.07, 6.45) is 0. The van der Waals surface area contributed by atoms with Gasteiger partial charge >= 0.3 is 0 Å². The predicted octanol–water partition coefficient (Wildman–Crippen LogP) is 2.42. The Balaban J connectivity index is 2.63. The molecule has 5 nitrogen and oxygen atoms in total. The summed E-state index contributed by atoms with van der Waals surface area (Å²) in [5.41, 5.74) is 0.627. The summed E-state index contributed by atoms with van der Waals surface area (Å²) < 4.78 is 23.4. The fourth-order valence-corrected chi connectivity index (χ4v) is 3.49. The molecular formula is C15H23ClN2O3S. The zero-order valence-corrected chi connectivity index (χ0v) is 14.7. The van der Waals surface area contributed by atoms with Gasteiger partial charge in [-0.05, 0) is 31.7 Å². The van der Waals surface area contributed by atoms with Gasteiger partial charge in [0.2, 0.25) is 5.91 Å². The van der Waals surface area contributed by atoms with Crippen LogP contribution in [-0.4, -0.2) is 49.9 Å². The molecule has 0 saturated carbocycles. The van der Waals surface area contributed by atoms with Crippen LogP contribution in [0, 0.1) is 0 Å². The lowest BCUT2D eigenvalue weighted by Gasteiger charge is -2.26. The Morgan fingerprint density at radius 1 is 1.36 bits per heavy atom. The van der Waals surface area contributed by atoms with Crippen LogP contribution < -0.4 is 5.32 Å². The summed E-state index contributed by atoms with van der Waals surface area (Å²) >= 11 is 5.87. The first-order chi connectivity index (χ1) is 10.3. The number of likely N-dealkylation sites (N-methyl/N-ethyl adjacent to an activating group) is 1. The zero-order chi connectivity index (χ0) is 16.8. The number of anilines is 1. The third-order valence-electron chi connectivity index (χ3n) is 3.42. The van der Waals surface area contributed by atoms with Gasteiger partial charge in [-0.2, -0.15) is 0 Å². The van der Waals surface area contributed by atoms with Gasteiger partial charge in [0, 0.05) is 22.5 Å². The number of amides is 1. The highest BCUT2D eigenvalue weighted by Gasteiger charge is 2.21. The molecule has 0 aliphatic rings. The highest BCUT2D eigenvalue weighted by Crippen LogP contribution is 2.15. The van der Waals surface area contributed by atoms with Crippen molar-refractivity contribution in [1.82, 2.24) is 4.90 Å². The number of halogens is 1. The molecular weight excluding hydrogens is 324 g/mol. The Hall–Kier alpha value is -1.11. The number of carbonyl (C=O) groups excluding carboxylic acids is 1. The molecule has 0 fully saturated rings. The predicted molar refractivity (Wildman–Crippen MR) is 91.1 cm³/mol. The van der Waals surface area contributed by atoms with Crippen LogP contribution in [0.5, 0.6) is 0 Å². The van der Waals surface area contributed by atoms with Crippen molar-refractivity contribution in [3.05, 3.63) is 29.3 Å². The molecule has 0 radical (unpaired) electrons. The van der Waals surface area contributed by atoms with Gasteiger partial charge in [0.15, 0.2) is 9.84 Å². The number of hydrogen-bond acceptors (Lipinski definition) is 4. The van der Waals surface area contributed by atoms with Gasteiger partial charge < -0.3 is 5.32 Å². The number of nitrogens with zero attached hydrogens (tertiary/aromatic N) is 1. The van der Waals surface area contributed by atoms with E-state index in [4.69, 9.17) is 11.6 Å². The van der Waals surface area contributed by atoms with Gasteiger partial charge in [-0.1, -0.05) is 31.5 Å². The van der Waals surface area contributed by atoms with Gasteiger partial charge in [0.1, 0.15) is 0 Å². The van der Waals surface area contributed by atoms with Crippen LogP contribution in [0.15, 0.2) is 24.3 Å². The van der Waals surface area contributed by atoms with Gasteiger partial charge in [0.05, 0.1) is 12.3 Å². The number of rotatable bonds is 8. The average molecular weight is 347 g/mol. The van der Waals surface area contributed by atoms with Crippen LogP contribution in [0.2, 0.25) is 5.02 Å². The molecule has 1 amide bonds. The van der Waals surface area contributed by atoms with E-state index in [9.17, 15) is 13.2 Å². The van der Waals surface area contributed by atoms with Crippen LogP contribution in [0.3, 0.4) is 0 Å². The van der Waals surface area contributed by atoms with Crippen molar-refractivity contribution in [3.8, 4) is 0 Å². The number of nitrogens with one attached hydrogen (secondary N) is 1. The lowest BCUT2D eigenvalue weighted by atomic mass is 10.3. The maximum atomic E-state index is 12.1. The summed E-state index contributed by atoms with van der Waals surface area (Å²) in [5, 5.41) is 3.31. The van der Waals surface area contributed by atoms with Crippen molar-refractivity contribution in [3.63, 3.8) is 0 Å². The number of sulfone groups is 1. The minimum absolute atomic E-state index is 0.0573. The second-order valence-electron chi connectivity index (χ2n) is 5.17. The molecule has 124 valence electrons. The Bertz CT molecular complexity index is 605. The van der Waals surface area contributed by atoms with Gasteiger partial charge in [-0.25, -0.2) is 8.42 Å². The van der Waals surface area contributed by atoms with Crippen LogP contribution in [0.4, 0.5) is 5.69 Å². The third kappa shape index (κ3) is 6.34. The maximum Gasteiger partial charge on any atom is 0.238 e. The van der Waals surface area contributed by atoms with E-state index >= 15 is 0 Å². The van der Waals surface area contributed by atoms with E-state index in [1.807, 2.05) is 18.7 Å². The first-order valence-electron chi connectivity index (χ1n) is 7.27. The molecule has 0 aliphatic carbocycles. The molecule has 22 heavy (non-hydrogen) atoms. The van der Waals surface area contributed by atoms with Crippen molar-refractivity contribution >= 4 is 33.0 Å². The molecule has 0 spiro atoms. The fourth-order valence-electron chi connectivity index (χ4n) is 2.12. The van der Waals surface area contributed by atoms with Crippen molar-refractivity contribution in [2.75, 3.05) is 29.9 Å². The standard InChI is InChI=1S/C15H23ClN2O3S/c1-4-18(12(3)11-22(20,21)5-2)10-15(19)17-14-8-6-7-13(16)9-14/h6-9,12H,4-5,10-11H2,1-3H3,(H,17,19)/t12-/m1/s1. The number of carbonyl (C=O) groups is 1. The summed E-state index contributed by atoms with van der Waals surface area (Å²) in [4.78, 5) is 13.9. The lowest BCUT2D eigenvalue weighted by Crippen LogP contribution is -2.42. The molecule has 0 bridgehead atoms. The van der Waals surface area contributed by atoms with E-state index in [1.54, 1.807) is 31.2 Å². The largest absolute Gasteiger partial charge is 0.325 e. The van der Waals surface area contributed by atoms with Crippen molar-refractivity contribution < 1.29 is 13.2 Å². The molecule has 1 rings (SSSR count). The topological polar surface area (TPSA) is 66.5 Å². The van der Waals surface area contributed by atoms with E-state index in [-0.39, 0.29) is 30.0 Å². The molecule has 0 aliphatic heterocycles. The molecule has 1 atom stereocenters. The maximum absolute atomic E-state index is 12.1. The molecule has 1 aromatic rings. The first-order valence-corrected chi connectivity index (χ1v) is 9.47. The van der Waals surface area contributed by atoms with Crippen LogP contribution in [0.1, 0.15) is 20.8 Å². The van der Waals surface area contributed by atoms with Gasteiger partial charge in [0.25, 0.3) is 0 Å². The Labute approximate surface area is 137 Å². The Kier molecular flexibility index (Phi) is 7.32. The second kappa shape index (κ2) is 8.50. The minimum Gasteiger partial charge on any atom is -0.325 e. The highest BCUT2D eigenvalue weighted by atomic mass is 35.5. The van der Waals surface area contributed by atoms with Crippen LogP contribution in [0.25, 0.3) is 0 Å². The Morgan fingerprint density at radius 2 is 2.05 bits per heavy atom. The van der Waals surface area contributed by atoms with E-state index in [1.165, 1.54) is 0 Å². The van der Waals surface area contributed by atoms with E-state index < -0.39 is 9.84 Å². The lowest BCUT2D eigenvalue weighted by molar-refractivity contribution is -0.117. The summed E-state index contributed by atoms with van der Waals surface area (Å²) in [6, 6.07) is 6.70. The molecule has 1 N–H and O–H groups in total. The minimum atomic E-state index is -3.06. The number of hydrogen-bond donors (Lipinski definition) is 1. The molecule has 1 aromatic carbocycles. The zero-order valence-electron chi connectivity index (χ0n) is 13.2. The smallest absolute Gasteiger partial charge is 0.238 e. The van der Waals surface area contributed by atoms with Crippen molar-refractivity contribution in [2.45, 2.75) is 26.8 Å². The summed E-state index contributed by atoms with van der Waals surface area (Å²) in [6.45, 7) is 6.10. The third-order valence-corrected chi connectivity index (χ3v) is 5.52. The molecule has 0 aromatic heterocycles. The van der Waals surface area contributed by atoms with Gasteiger partial charge in [-0.15, -0.1) is 0 Å². The normalized spacial score (nSPS) is 13.1. The monoisotopic (exact) mass is 346 g/mol. The van der Waals surface area contributed by atoms with Crippen LogP contribution in [-0.2, 0) is 14.6 Å². The van der Waals surface area contributed by atoms with Gasteiger partial charge in [-0.3, -0.25) is 9.69 Å². The molecule has 0 saturated heterocycles.